The Hall–Kier alpha value is -1.23. The topological polar surface area (TPSA) is 24.9 Å². The van der Waals surface area contributed by atoms with Gasteiger partial charge in [0, 0.05) is 28.0 Å². The van der Waals surface area contributed by atoms with Crippen LogP contribution in [-0.2, 0) is 0 Å². The molecule has 0 saturated heterocycles. The van der Waals surface area contributed by atoms with Crippen molar-refractivity contribution in [2.24, 2.45) is 0 Å². The number of aryl methyl sites for hydroxylation is 2. The van der Waals surface area contributed by atoms with E-state index in [4.69, 9.17) is 0 Å². The first kappa shape index (κ1) is 14.7. The Labute approximate surface area is 133 Å². The fourth-order valence-corrected chi connectivity index (χ4v) is 4.55. The molecule has 110 valence electrons. The molecule has 3 aromatic rings. The van der Waals surface area contributed by atoms with E-state index in [1.165, 1.54) is 25.6 Å². The minimum atomic E-state index is 0.290. The van der Waals surface area contributed by atoms with E-state index < -0.39 is 0 Å². The summed E-state index contributed by atoms with van der Waals surface area (Å²) in [7, 11) is 0. The van der Waals surface area contributed by atoms with E-state index in [0.717, 1.165) is 5.52 Å². The zero-order valence-electron chi connectivity index (χ0n) is 12.8. The molecule has 0 aliphatic carbocycles. The van der Waals surface area contributed by atoms with Crippen LogP contribution in [0.2, 0.25) is 0 Å². The highest BCUT2D eigenvalue weighted by atomic mass is 32.1. The Morgan fingerprint density at radius 2 is 1.95 bits per heavy atom. The van der Waals surface area contributed by atoms with Gasteiger partial charge in [-0.25, -0.2) is 0 Å². The second-order valence-electron chi connectivity index (χ2n) is 5.55. The number of fused-ring (bicyclic) bond motifs is 1. The zero-order valence-corrected chi connectivity index (χ0v) is 14.4. The van der Waals surface area contributed by atoms with Gasteiger partial charge in [-0.15, -0.1) is 22.7 Å². The second-order valence-corrected chi connectivity index (χ2v) is 7.96. The molecule has 21 heavy (non-hydrogen) atoms. The van der Waals surface area contributed by atoms with Crippen molar-refractivity contribution in [2.75, 3.05) is 0 Å². The SMILES string of the molecule is Cc1cc(C(C)NC(C)c2cnc3ccsc3c2)c(C)s1. The number of nitrogens with one attached hydrogen (secondary N) is 1. The lowest BCUT2D eigenvalue weighted by Crippen LogP contribution is -2.22. The average Bonchev–Trinajstić information content (AvgIpc) is 3.03. The van der Waals surface area contributed by atoms with Crippen LogP contribution < -0.4 is 5.32 Å². The number of thiophene rings is 2. The van der Waals surface area contributed by atoms with E-state index in [0.29, 0.717) is 12.1 Å². The van der Waals surface area contributed by atoms with Crippen LogP contribution in [0.3, 0.4) is 0 Å². The molecule has 0 aliphatic heterocycles. The Morgan fingerprint density at radius 3 is 2.67 bits per heavy atom. The molecule has 2 atom stereocenters. The number of rotatable bonds is 4. The first-order valence-electron chi connectivity index (χ1n) is 7.20. The van der Waals surface area contributed by atoms with E-state index in [-0.39, 0.29) is 0 Å². The van der Waals surface area contributed by atoms with Crippen LogP contribution in [0.1, 0.15) is 46.8 Å². The van der Waals surface area contributed by atoms with Crippen molar-refractivity contribution < 1.29 is 0 Å². The maximum absolute atomic E-state index is 4.54. The van der Waals surface area contributed by atoms with Crippen molar-refractivity contribution >= 4 is 32.9 Å². The van der Waals surface area contributed by atoms with Crippen LogP contribution in [0.4, 0.5) is 0 Å². The van der Waals surface area contributed by atoms with E-state index in [9.17, 15) is 0 Å². The minimum Gasteiger partial charge on any atom is -0.304 e. The third-order valence-corrected chi connectivity index (χ3v) is 5.70. The molecule has 0 radical (unpaired) electrons. The quantitative estimate of drug-likeness (QED) is 0.698. The maximum atomic E-state index is 4.54. The zero-order chi connectivity index (χ0) is 15.0. The molecule has 0 saturated carbocycles. The summed E-state index contributed by atoms with van der Waals surface area (Å²) < 4.78 is 1.26. The van der Waals surface area contributed by atoms with Crippen molar-refractivity contribution in [3.63, 3.8) is 0 Å². The normalized spacial score (nSPS) is 14.5. The predicted octanol–water partition coefficient (Wildman–Crippen LogP) is 5.39. The number of pyridine rings is 1. The highest BCUT2D eigenvalue weighted by Crippen LogP contribution is 2.29. The van der Waals surface area contributed by atoms with Crippen LogP contribution in [-0.4, -0.2) is 4.98 Å². The first-order chi connectivity index (χ1) is 10.0. The largest absolute Gasteiger partial charge is 0.304 e. The fourth-order valence-electron chi connectivity index (χ4n) is 2.74. The van der Waals surface area contributed by atoms with Gasteiger partial charge in [0.25, 0.3) is 0 Å². The number of hydrogen-bond donors (Lipinski definition) is 1. The van der Waals surface area contributed by atoms with Gasteiger partial charge in [0.2, 0.25) is 0 Å². The predicted molar refractivity (Wildman–Crippen MR) is 93.4 cm³/mol. The average molecular weight is 316 g/mol. The highest BCUT2D eigenvalue weighted by molar-refractivity contribution is 7.17. The lowest BCUT2D eigenvalue weighted by Gasteiger charge is -2.20. The third kappa shape index (κ3) is 3.03. The maximum Gasteiger partial charge on any atom is 0.0809 e. The van der Waals surface area contributed by atoms with Crippen molar-refractivity contribution in [3.8, 4) is 0 Å². The van der Waals surface area contributed by atoms with Crippen LogP contribution >= 0.6 is 22.7 Å². The Kier molecular flexibility index (Phi) is 4.11. The van der Waals surface area contributed by atoms with Gasteiger partial charge in [-0.3, -0.25) is 4.98 Å². The molecular weight excluding hydrogens is 296 g/mol. The monoisotopic (exact) mass is 316 g/mol. The van der Waals surface area contributed by atoms with Gasteiger partial charge < -0.3 is 5.32 Å². The molecule has 3 heterocycles. The lowest BCUT2D eigenvalue weighted by molar-refractivity contribution is 0.494. The van der Waals surface area contributed by atoms with Gasteiger partial charge >= 0.3 is 0 Å². The summed E-state index contributed by atoms with van der Waals surface area (Å²) in [6.45, 7) is 8.82. The molecule has 0 amide bonds. The van der Waals surface area contributed by atoms with Gasteiger partial charge in [-0.1, -0.05) is 0 Å². The summed E-state index contributed by atoms with van der Waals surface area (Å²) >= 11 is 3.62. The smallest absolute Gasteiger partial charge is 0.0809 e. The standard InChI is InChI=1S/C17H20N2S2/c1-10-7-15(13(4)21-10)12(3)19-11(2)14-8-17-16(18-9-14)5-6-20-17/h5-9,11-12,19H,1-4H3. The molecule has 0 spiro atoms. The summed E-state index contributed by atoms with van der Waals surface area (Å²) in [5.41, 5.74) is 3.75. The van der Waals surface area contributed by atoms with Crippen molar-refractivity contribution in [2.45, 2.75) is 39.8 Å². The first-order valence-corrected chi connectivity index (χ1v) is 8.90. The summed E-state index contributed by atoms with van der Waals surface area (Å²) in [6, 6.07) is 7.26. The van der Waals surface area contributed by atoms with Crippen LogP contribution in [0, 0.1) is 13.8 Å². The molecular formula is C17H20N2S2. The van der Waals surface area contributed by atoms with Gasteiger partial charge in [-0.05, 0) is 62.4 Å². The van der Waals surface area contributed by atoms with E-state index in [1.54, 1.807) is 11.3 Å². The molecule has 0 aromatic carbocycles. The molecule has 3 aromatic heterocycles. The minimum absolute atomic E-state index is 0.290. The molecule has 1 N–H and O–H groups in total. The summed E-state index contributed by atoms with van der Waals surface area (Å²) in [6.07, 6.45) is 1.99. The number of aromatic nitrogens is 1. The third-order valence-electron chi connectivity index (χ3n) is 3.87. The van der Waals surface area contributed by atoms with Gasteiger partial charge in [0.15, 0.2) is 0 Å². The Bertz CT molecular complexity index is 757. The Balaban J connectivity index is 1.78. The fraction of sp³-hybridized carbons (Fsp3) is 0.353. The second kappa shape index (κ2) is 5.87. The molecule has 4 heteroatoms. The van der Waals surface area contributed by atoms with Crippen LogP contribution in [0.15, 0.2) is 29.8 Å². The van der Waals surface area contributed by atoms with E-state index >= 15 is 0 Å². The number of hydrogen-bond acceptors (Lipinski definition) is 4. The van der Waals surface area contributed by atoms with Crippen molar-refractivity contribution in [1.82, 2.24) is 10.3 Å². The molecule has 0 aliphatic rings. The van der Waals surface area contributed by atoms with E-state index in [1.807, 2.05) is 17.5 Å². The lowest BCUT2D eigenvalue weighted by atomic mass is 10.1. The summed E-state index contributed by atoms with van der Waals surface area (Å²) in [5.74, 6) is 0. The molecule has 2 nitrogen and oxygen atoms in total. The van der Waals surface area contributed by atoms with Crippen molar-refractivity contribution in [3.05, 3.63) is 50.7 Å². The van der Waals surface area contributed by atoms with Gasteiger partial charge in [-0.2, -0.15) is 0 Å². The van der Waals surface area contributed by atoms with E-state index in [2.05, 4.69) is 61.6 Å². The summed E-state index contributed by atoms with van der Waals surface area (Å²) in [4.78, 5) is 7.33. The highest BCUT2D eigenvalue weighted by Gasteiger charge is 2.15. The van der Waals surface area contributed by atoms with Gasteiger partial charge in [0.1, 0.15) is 0 Å². The van der Waals surface area contributed by atoms with Gasteiger partial charge in [0.05, 0.1) is 10.2 Å². The van der Waals surface area contributed by atoms with Crippen LogP contribution in [0.5, 0.6) is 0 Å². The van der Waals surface area contributed by atoms with Crippen molar-refractivity contribution in [1.29, 1.82) is 0 Å². The summed E-state index contributed by atoms with van der Waals surface area (Å²) in [5, 5.41) is 5.79. The number of nitrogens with zero attached hydrogens (tertiary/aromatic N) is 1. The molecule has 2 unspecified atom stereocenters. The molecule has 0 fully saturated rings. The molecule has 0 bridgehead atoms. The van der Waals surface area contributed by atoms with Crippen LogP contribution in [0.25, 0.3) is 10.2 Å². The molecule has 3 rings (SSSR count). The Morgan fingerprint density at radius 1 is 1.14 bits per heavy atom.